The summed E-state index contributed by atoms with van der Waals surface area (Å²) in [6.45, 7) is 2.03. The first kappa shape index (κ1) is 12.0. The van der Waals surface area contributed by atoms with E-state index in [4.69, 9.17) is 4.74 Å². The number of carbonyl (C=O) groups excluding carboxylic acids is 1. The van der Waals surface area contributed by atoms with E-state index >= 15 is 0 Å². The van der Waals surface area contributed by atoms with Gasteiger partial charge < -0.3 is 4.74 Å². The summed E-state index contributed by atoms with van der Waals surface area (Å²) in [6.07, 6.45) is -3.76. The molecule has 0 N–H and O–H groups in total. The molecular formula is C9H9F3O2S. The van der Waals surface area contributed by atoms with Crippen LogP contribution in [0.1, 0.15) is 28.6 Å². The van der Waals surface area contributed by atoms with E-state index < -0.39 is 17.7 Å². The molecule has 1 aromatic heterocycles. The molecule has 0 amide bonds. The molecule has 6 heteroatoms. The highest BCUT2D eigenvalue weighted by Gasteiger charge is 2.32. The van der Waals surface area contributed by atoms with Crippen molar-refractivity contribution in [1.82, 2.24) is 0 Å². The van der Waals surface area contributed by atoms with Gasteiger partial charge in [0.25, 0.3) is 0 Å². The summed E-state index contributed by atoms with van der Waals surface area (Å²) in [7, 11) is 0. The SMILES string of the molecule is CCCOC(=O)c1cc(C(F)(F)F)cs1. The third kappa shape index (κ3) is 3.23. The van der Waals surface area contributed by atoms with E-state index in [0.29, 0.717) is 6.42 Å². The van der Waals surface area contributed by atoms with Crippen LogP contribution in [0, 0.1) is 0 Å². The van der Waals surface area contributed by atoms with Gasteiger partial charge in [-0.2, -0.15) is 13.2 Å². The van der Waals surface area contributed by atoms with Crippen molar-refractivity contribution in [3.05, 3.63) is 21.9 Å². The third-order valence-corrected chi connectivity index (χ3v) is 2.48. The van der Waals surface area contributed by atoms with Gasteiger partial charge in [0.05, 0.1) is 12.2 Å². The number of carbonyl (C=O) groups is 1. The Balaban J connectivity index is 2.72. The van der Waals surface area contributed by atoms with Crippen LogP contribution in [0.3, 0.4) is 0 Å². The normalized spacial score (nSPS) is 11.5. The van der Waals surface area contributed by atoms with Crippen molar-refractivity contribution in [1.29, 1.82) is 0 Å². The quantitative estimate of drug-likeness (QED) is 0.755. The van der Waals surface area contributed by atoms with Crippen LogP contribution in [0.2, 0.25) is 0 Å². The highest BCUT2D eigenvalue weighted by Crippen LogP contribution is 2.32. The number of hydrogen-bond acceptors (Lipinski definition) is 3. The fourth-order valence-electron chi connectivity index (χ4n) is 0.858. The molecule has 0 aromatic carbocycles. The lowest BCUT2D eigenvalue weighted by Crippen LogP contribution is -2.05. The van der Waals surface area contributed by atoms with Gasteiger partial charge in [0, 0.05) is 5.38 Å². The molecule has 0 saturated heterocycles. The minimum Gasteiger partial charge on any atom is -0.462 e. The molecule has 1 aromatic rings. The smallest absolute Gasteiger partial charge is 0.417 e. The second-order valence-corrected chi connectivity index (χ2v) is 3.74. The average molecular weight is 238 g/mol. The van der Waals surface area contributed by atoms with Crippen LogP contribution in [0.5, 0.6) is 0 Å². The van der Waals surface area contributed by atoms with Crippen LogP contribution in [-0.2, 0) is 10.9 Å². The summed E-state index contributed by atoms with van der Waals surface area (Å²) in [5, 5.41) is 0.905. The first-order valence-electron chi connectivity index (χ1n) is 4.28. The van der Waals surface area contributed by atoms with Crippen LogP contribution in [-0.4, -0.2) is 12.6 Å². The maximum Gasteiger partial charge on any atom is 0.417 e. The van der Waals surface area contributed by atoms with Gasteiger partial charge in [-0.25, -0.2) is 4.79 Å². The van der Waals surface area contributed by atoms with E-state index in [2.05, 4.69) is 0 Å². The van der Waals surface area contributed by atoms with Gasteiger partial charge in [-0.15, -0.1) is 11.3 Å². The third-order valence-electron chi connectivity index (χ3n) is 1.57. The Kier molecular flexibility index (Phi) is 3.73. The van der Waals surface area contributed by atoms with Crippen LogP contribution >= 0.6 is 11.3 Å². The summed E-state index contributed by atoms with van der Waals surface area (Å²) < 4.78 is 41.2. The van der Waals surface area contributed by atoms with Gasteiger partial charge in [0.1, 0.15) is 4.88 Å². The van der Waals surface area contributed by atoms with Crippen LogP contribution in [0.4, 0.5) is 13.2 Å². The van der Waals surface area contributed by atoms with Gasteiger partial charge in [-0.3, -0.25) is 0 Å². The molecule has 0 aliphatic heterocycles. The molecule has 0 unspecified atom stereocenters. The van der Waals surface area contributed by atoms with E-state index in [1.54, 1.807) is 0 Å². The molecule has 0 atom stereocenters. The number of alkyl halides is 3. The van der Waals surface area contributed by atoms with E-state index in [0.717, 1.165) is 22.8 Å². The second kappa shape index (κ2) is 4.65. The highest BCUT2D eigenvalue weighted by molar-refractivity contribution is 7.12. The summed E-state index contributed by atoms with van der Waals surface area (Å²) in [5.41, 5.74) is -0.809. The Labute approximate surface area is 88.7 Å². The maximum absolute atomic E-state index is 12.2. The molecule has 0 aliphatic carbocycles. The summed E-state index contributed by atoms with van der Waals surface area (Å²) >= 11 is 0.740. The number of rotatable bonds is 3. The monoisotopic (exact) mass is 238 g/mol. The largest absolute Gasteiger partial charge is 0.462 e. The number of thiophene rings is 1. The molecule has 2 nitrogen and oxygen atoms in total. The molecule has 0 saturated carbocycles. The Morgan fingerprint density at radius 1 is 1.53 bits per heavy atom. The highest BCUT2D eigenvalue weighted by atomic mass is 32.1. The fraction of sp³-hybridized carbons (Fsp3) is 0.444. The minimum absolute atomic E-state index is 0.0178. The van der Waals surface area contributed by atoms with Crippen LogP contribution in [0.25, 0.3) is 0 Å². The molecule has 0 aliphatic rings. The van der Waals surface area contributed by atoms with E-state index in [1.165, 1.54) is 0 Å². The molecule has 0 bridgehead atoms. The van der Waals surface area contributed by atoms with Crippen molar-refractivity contribution in [3.8, 4) is 0 Å². The van der Waals surface area contributed by atoms with E-state index in [9.17, 15) is 18.0 Å². The van der Waals surface area contributed by atoms with Crippen molar-refractivity contribution in [2.45, 2.75) is 19.5 Å². The zero-order valence-corrected chi connectivity index (χ0v) is 8.74. The molecular weight excluding hydrogens is 229 g/mol. The summed E-state index contributed by atoms with van der Waals surface area (Å²) in [6, 6.07) is 0.808. The lowest BCUT2D eigenvalue weighted by molar-refractivity contribution is -0.137. The lowest BCUT2D eigenvalue weighted by atomic mass is 10.3. The first-order chi connectivity index (χ1) is 6.95. The predicted octanol–water partition coefficient (Wildman–Crippen LogP) is 3.33. The molecule has 1 heterocycles. The van der Waals surface area contributed by atoms with E-state index in [-0.39, 0.29) is 11.5 Å². The van der Waals surface area contributed by atoms with Crippen LogP contribution in [0.15, 0.2) is 11.4 Å². The Morgan fingerprint density at radius 2 is 2.20 bits per heavy atom. The van der Waals surface area contributed by atoms with Crippen molar-refractivity contribution < 1.29 is 22.7 Å². The van der Waals surface area contributed by atoms with E-state index in [1.807, 2.05) is 6.92 Å². The van der Waals surface area contributed by atoms with Crippen molar-refractivity contribution in [2.75, 3.05) is 6.61 Å². The Bertz CT molecular complexity index is 343. The number of esters is 1. The topological polar surface area (TPSA) is 26.3 Å². The zero-order valence-electron chi connectivity index (χ0n) is 7.93. The minimum atomic E-state index is -4.40. The number of hydrogen-bond donors (Lipinski definition) is 0. The lowest BCUT2D eigenvalue weighted by Gasteiger charge is -2.01. The number of ether oxygens (including phenoxy) is 1. The molecule has 15 heavy (non-hydrogen) atoms. The molecule has 0 fully saturated rings. The maximum atomic E-state index is 12.2. The molecule has 0 spiro atoms. The fourth-order valence-corrected chi connectivity index (χ4v) is 1.66. The summed E-state index contributed by atoms with van der Waals surface area (Å²) in [5.74, 6) is -0.697. The van der Waals surface area contributed by atoms with Gasteiger partial charge in [0.2, 0.25) is 0 Å². The molecule has 84 valence electrons. The first-order valence-corrected chi connectivity index (χ1v) is 5.16. The predicted molar refractivity (Wildman–Crippen MR) is 49.9 cm³/mol. The van der Waals surface area contributed by atoms with Crippen LogP contribution < -0.4 is 0 Å². The van der Waals surface area contributed by atoms with Gasteiger partial charge in [-0.05, 0) is 12.5 Å². The zero-order chi connectivity index (χ0) is 11.5. The van der Waals surface area contributed by atoms with Crippen molar-refractivity contribution >= 4 is 17.3 Å². The van der Waals surface area contributed by atoms with Gasteiger partial charge in [-0.1, -0.05) is 6.92 Å². The molecule has 1 rings (SSSR count). The number of halogens is 3. The average Bonchev–Trinajstić information content (AvgIpc) is 2.62. The van der Waals surface area contributed by atoms with Crippen molar-refractivity contribution in [3.63, 3.8) is 0 Å². The Hall–Kier alpha value is -1.04. The Morgan fingerprint density at radius 3 is 2.67 bits per heavy atom. The van der Waals surface area contributed by atoms with Gasteiger partial charge in [0.15, 0.2) is 0 Å². The standard InChI is InChI=1S/C9H9F3O2S/c1-2-3-14-8(13)7-4-6(5-15-7)9(10,11)12/h4-5H,2-3H2,1H3. The van der Waals surface area contributed by atoms with Crippen molar-refractivity contribution in [2.24, 2.45) is 0 Å². The summed E-state index contributed by atoms with van der Waals surface area (Å²) in [4.78, 5) is 11.1. The molecule has 0 radical (unpaired) electrons. The second-order valence-electron chi connectivity index (χ2n) is 2.83. The van der Waals surface area contributed by atoms with Gasteiger partial charge >= 0.3 is 12.1 Å².